The number of anilines is 1. The van der Waals surface area contributed by atoms with Crippen molar-refractivity contribution in [2.45, 2.75) is 20.3 Å². The molecule has 0 aliphatic carbocycles. The van der Waals surface area contributed by atoms with Gasteiger partial charge in [-0.05, 0) is 24.5 Å². The van der Waals surface area contributed by atoms with Crippen molar-refractivity contribution < 1.29 is 9.53 Å². The maximum Gasteiger partial charge on any atom is 0.239 e. The molecule has 0 saturated carbocycles. The summed E-state index contributed by atoms with van der Waals surface area (Å²) in [6.45, 7) is 5.26. The van der Waals surface area contributed by atoms with Crippen LogP contribution in [0.5, 0.6) is 5.75 Å². The number of methoxy groups -OCH3 is 1. The van der Waals surface area contributed by atoms with Gasteiger partial charge in [0.1, 0.15) is 5.75 Å². The van der Waals surface area contributed by atoms with Crippen molar-refractivity contribution in [3.63, 3.8) is 0 Å². The summed E-state index contributed by atoms with van der Waals surface area (Å²) in [5, 5.41) is 5.96. The average Bonchev–Trinajstić information content (AvgIpc) is 2.35. The van der Waals surface area contributed by atoms with Crippen molar-refractivity contribution in [1.82, 2.24) is 5.32 Å². The molecule has 4 nitrogen and oxygen atoms in total. The number of ether oxygens (including phenoxy) is 1. The van der Waals surface area contributed by atoms with E-state index >= 15 is 0 Å². The van der Waals surface area contributed by atoms with E-state index in [1.54, 1.807) is 7.11 Å². The van der Waals surface area contributed by atoms with Crippen molar-refractivity contribution in [3.05, 3.63) is 22.7 Å². The number of carbonyl (C=O) groups excluding carboxylic acids is 1. The van der Waals surface area contributed by atoms with Gasteiger partial charge in [0.2, 0.25) is 5.91 Å². The van der Waals surface area contributed by atoms with Crippen molar-refractivity contribution in [3.8, 4) is 5.75 Å². The maximum atomic E-state index is 11.6. The first-order valence-electron chi connectivity index (χ1n) is 6.36. The first kappa shape index (κ1) is 15.8. The molecular weight excluding hydrogens is 308 g/mol. The molecule has 0 radical (unpaired) electrons. The fourth-order valence-corrected chi connectivity index (χ4v) is 2.00. The Morgan fingerprint density at radius 2 is 2.11 bits per heavy atom. The van der Waals surface area contributed by atoms with Gasteiger partial charge in [0.15, 0.2) is 0 Å². The van der Waals surface area contributed by atoms with Crippen LogP contribution in [0.1, 0.15) is 20.3 Å². The lowest BCUT2D eigenvalue weighted by Gasteiger charge is -2.10. The molecule has 1 aromatic carbocycles. The van der Waals surface area contributed by atoms with Gasteiger partial charge in [-0.3, -0.25) is 4.79 Å². The summed E-state index contributed by atoms with van der Waals surface area (Å²) in [5.41, 5.74) is 0.852. The van der Waals surface area contributed by atoms with Gasteiger partial charge in [-0.2, -0.15) is 0 Å². The fraction of sp³-hybridized carbons (Fsp3) is 0.500. The third kappa shape index (κ3) is 6.47. The molecule has 19 heavy (non-hydrogen) atoms. The highest BCUT2D eigenvalue weighted by Crippen LogP contribution is 2.24. The number of carbonyl (C=O) groups is 1. The molecule has 0 aliphatic heterocycles. The van der Waals surface area contributed by atoms with Crippen molar-refractivity contribution in [2.75, 3.05) is 25.5 Å². The number of halogens is 1. The molecule has 5 heteroatoms. The summed E-state index contributed by atoms with van der Waals surface area (Å²) >= 11 is 3.40. The first-order chi connectivity index (χ1) is 9.01. The molecular formula is C14H21BrN2O2. The molecule has 0 bridgehead atoms. The van der Waals surface area contributed by atoms with E-state index in [2.05, 4.69) is 40.4 Å². The minimum absolute atomic E-state index is 0.000377. The first-order valence-corrected chi connectivity index (χ1v) is 7.15. The summed E-state index contributed by atoms with van der Waals surface area (Å²) in [7, 11) is 1.62. The molecule has 0 aromatic heterocycles. The number of hydrogen-bond acceptors (Lipinski definition) is 3. The van der Waals surface area contributed by atoms with E-state index in [1.165, 1.54) is 0 Å². The molecule has 1 aromatic rings. The molecule has 0 fully saturated rings. The van der Waals surface area contributed by atoms with E-state index in [9.17, 15) is 4.79 Å². The molecule has 106 valence electrons. The SMILES string of the molecule is COc1cc(Br)cc(NCC(=O)NCCC(C)C)c1. The summed E-state index contributed by atoms with van der Waals surface area (Å²) in [6, 6.07) is 5.63. The second kappa shape index (κ2) is 8.04. The number of nitrogens with one attached hydrogen (secondary N) is 2. The molecule has 0 heterocycles. The standard InChI is InChI=1S/C14H21BrN2O2/c1-10(2)4-5-16-14(18)9-17-12-6-11(15)7-13(8-12)19-3/h6-8,10,17H,4-5,9H2,1-3H3,(H,16,18). The molecule has 0 aliphatic rings. The van der Waals surface area contributed by atoms with Gasteiger partial charge in [-0.1, -0.05) is 29.8 Å². The van der Waals surface area contributed by atoms with Crippen LogP contribution in [0.4, 0.5) is 5.69 Å². The minimum Gasteiger partial charge on any atom is -0.497 e. The topological polar surface area (TPSA) is 50.4 Å². The van der Waals surface area contributed by atoms with E-state index in [0.29, 0.717) is 5.92 Å². The molecule has 0 unspecified atom stereocenters. The number of benzene rings is 1. The monoisotopic (exact) mass is 328 g/mol. The van der Waals surface area contributed by atoms with E-state index in [-0.39, 0.29) is 12.5 Å². The number of rotatable bonds is 7. The largest absolute Gasteiger partial charge is 0.497 e. The molecule has 2 N–H and O–H groups in total. The predicted octanol–water partition coefficient (Wildman–Crippen LogP) is 3.03. The molecule has 0 atom stereocenters. The summed E-state index contributed by atoms with van der Waals surface area (Å²) in [5.74, 6) is 1.35. The van der Waals surface area contributed by atoms with Crippen LogP contribution in [0.15, 0.2) is 22.7 Å². The molecule has 1 amide bonds. The lowest BCUT2D eigenvalue weighted by Crippen LogP contribution is -2.31. The Morgan fingerprint density at radius 1 is 1.37 bits per heavy atom. The van der Waals surface area contributed by atoms with Gasteiger partial charge < -0.3 is 15.4 Å². The van der Waals surface area contributed by atoms with E-state index in [1.807, 2.05) is 18.2 Å². The van der Waals surface area contributed by atoms with Crippen LogP contribution in [0.3, 0.4) is 0 Å². The molecule has 1 rings (SSSR count). The zero-order chi connectivity index (χ0) is 14.3. The number of amides is 1. The maximum absolute atomic E-state index is 11.6. The highest BCUT2D eigenvalue weighted by molar-refractivity contribution is 9.10. The van der Waals surface area contributed by atoms with E-state index < -0.39 is 0 Å². The van der Waals surface area contributed by atoms with Gasteiger partial charge >= 0.3 is 0 Å². The third-order valence-electron chi connectivity index (χ3n) is 2.60. The van der Waals surface area contributed by atoms with Crippen molar-refractivity contribution in [1.29, 1.82) is 0 Å². The lowest BCUT2D eigenvalue weighted by atomic mass is 10.1. The van der Waals surface area contributed by atoms with Crippen molar-refractivity contribution in [2.24, 2.45) is 5.92 Å². The van der Waals surface area contributed by atoms with Crippen molar-refractivity contribution >= 4 is 27.5 Å². The van der Waals surface area contributed by atoms with Gasteiger partial charge in [0.25, 0.3) is 0 Å². The summed E-state index contributed by atoms with van der Waals surface area (Å²) in [6.07, 6.45) is 0.996. The van der Waals surface area contributed by atoms with Gasteiger partial charge in [-0.15, -0.1) is 0 Å². The van der Waals surface area contributed by atoms with Crippen LogP contribution in [0.25, 0.3) is 0 Å². The summed E-state index contributed by atoms with van der Waals surface area (Å²) in [4.78, 5) is 11.6. The molecule has 0 spiro atoms. The predicted molar refractivity (Wildman–Crippen MR) is 81.6 cm³/mol. The Morgan fingerprint density at radius 3 is 2.74 bits per heavy atom. The Balaban J connectivity index is 2.39. The average molecular weight is 329 g/mol. The zero-order valence-corrected chi connectivity index (χ0v) is 13.2. The Bertz CT molecular complexity index is 422. The zero-order valence-electron chi connectivity index (χ0n) is 11.6. The Labute approximate surface area is 123 Å². The van der Waals surface area contributed by atoms with Crippen LogP contribution in [-0.2, 0) is 4.79 Å². The highest BCUT2D eigenvalue weighted by Gasteiger charge is 2.03. The smallest absolute Gasteiger partial charge is 0.239 e. The normalized spacial score (nSPS) is 10.4. The quantitative estimate of drug-likeness (QED) is 0.808. The van der Waals surface area contributed by atoms with Crippen LogP contribution in [-0.4, -0.2) is 26.1 Å². The molecule has 0 saturated heterocycles. The van der Waals surface area contributed by atoms with Gasteiger partial charge in [-0.25, -0.2) is 0 Å². The van der Waals surface area contributed by atoms with Crippen LogP contribution < -0.4 is 15.4 Å². The minimum atomic E-state index is -0.000377. The van der Waals surface area contributed by atoms with Gasteiger partial charge in [0, 0.05) is 22.8 Å². The number of hydrogen-bond donors (Lipinski definition) is 2. The highest BCUT2D eigenvalue weighted by atomic mass is 79.9. The summed E-state index contributed by atoms with van der Waals surface area (Å²) < 4.78 is 6.07. The lowest BCUT2D eigenvalue weighted by molar-refractivity contribution is -0.119. The second-order valence-corrected chi connectivity index (χ2v) is 5.68. The van der Waals surface area contributed by atoms with E-state index in [4.69, 9.17) is 4.74 Å². The van der Waals surface area contributed by atoms with E-state index in [0.717, 1.165) is 28.9 Å². The fourth-order valence-electron chi connectivity index (χ4n) is 1.53. The van der Waals surface area contributed by atoms with Crippen LogP contribution in [0.2, 0.25) is 0 Å². The third-order valence-corrected chi connectivity index (χ3v) is 3.06. The Kier molecular flexibility index (Phi) is 6.70. The van der Waals surface area contributed by atoms with Crippen LogP contribution in [0, 0.1) is 5.92 Å². The Hall–Kier alpha value is -1.23. The second-order valence-electron chi connectivity index (χ2n) is 4.77. The van der Waals surface area contributed by atoms with Crippen LogP contribution >= 0.6 is 15.9 Å². The van der Waals surface area contributed by atoms with Gasteiger partial charge in [0.05, 0.1) is 13.7 Å².